The predicted molar refractivity (Wildman–Crippen MR) is 90.3 cm³/mol. The maximum atomic E-state index is 12.2. The summed E-state index contributed by atoms with van der Waals surface area (Å²) >= 11 is 0. The Morgan fingerprint density at radius 2 is 1.78 bits per heavy atom. The highest BCUT2D eigenvalue weighted by Gasteiger charge is 2.24. The summed E-state index contributed by atoms with van der Waals surface area (Å²) in [5.74, 6) is -0.982. The first-order chi connectivity index (χ1) is 10.9. The average Bonchev–Trinajstić information content (AvgIpc) is 2.51. The Balaban J connectivity index is 2.00. The molecule has 126 valence electrons. The third-order valence-electron chi connectivity index (χ3n) is 4.40. The van der Waals surface area contributed by atoms with Crippen molar-refractivity contribution in [2.75, 3.05) is 5.32 Å². The van der Waals surface area contributed by atoms with Gasteiger partial charge in [0.15, 0.2) is 0 Å². The van der Waals surface area contributed by atoms with Crippen LogP contribution in [0.4, 0.5) is 5.69 Å². The molecular weight excluding hydrogens is 292 g/mol. The van der Waals surface area contributed by atoms with Gasteiger partial charge in [-0.25, -0.2) is 0 Å². The van der Waals surface area contributed by atoms with Crippen molar-refractivity contribution in [2.45, 2.75) is 64.5 Å². The van der Waals surface area contributed by atoms with E-state index in [9.17, 15) is 14.7 Å². The number of amides is 2. The zero-order chi connectivity index (χ0) is 17.0. The van der Waals surface area contributed by atoms with Gasteiger partial charge in [0.25, 0.3) is 0 Å². The summed E-state index contributed by atoms with van der Waals surface area (Å²) in [5.41, 5.74) is 2.69. The van der Waals surface area contributed by atoms with Gasteiger partial charge in [-0.05, 0) is 49.7 Å². The molecule has 5 nitrogen and oxygen atoms in total. The first-order valence-corrected chi connectivity index (χ1v) is 8.28. The molecule has 0 bridgehead atoms. The van der Waals surface area contributed by atoms with E-state index < -0.39 is 11.8 Å². The predicted octanol–water partition coefficient (Wildman–Crippen LogP) is 2.48. The van der Waals surface area contributed by atoms with Crippen molar-refractivity contribution >= 4 is 17.5 Å². The molecule has 1 fully saturated rings. The van der Waals surface area contributed by atoms with E-state index in [1.807, 2.05) is 25.1 Å². The van der Waals surface area contributed by atoms with Gasteiger partial charge in [-0.2, -0.15) is 0 Å². The normalized spacial score (nSPS) is 21.1. The number of rotatable bonds is 3. The minimum Gasteiger partial charge on any atom is -0.393 e. The van der Waals surface area contributed by atoms with Gasteiger partial charge in [-0.15, -0.1) is 0 Å². The van der Waals surface area contributed by atoms with Gasteiger partial charge < -0.3 is 15.7 Å². The summed E-state index contributed by atoms with van der Waals surface area (Å²) in [6, 6.07) is 5.81. The lowest BCUT2D eigenvalue weighted by Gasteiger charge is -2.26. The third-order valence-corrected chi connectivity index (χ3v) is 4.40. The number of aryl methyl sites for hydroxylation is 1. The second kappa shape index (κ2) is 7.59. The molecule has 0 heterocycles. The Kier molecular flexibility index (Phi) is 5.77. The standard InChI is InChI=1S/C18H26N2O3/c1-11(2)15-6-4-5-12(3)16(15)20-18(23)17(22)19-13-7-9-14(21)10-8-13/h4-6,11,13-14,21H,7-10H2,1-3H3,(H,19,22)(H,20,23). The number of nitrogens with one attached hydrogen (secondary N) is 2. The summed E-state index contributed by atoms with van der Waals surface area (Å²) in [7, 11) is 0. The van der Waals surface area contributed by atoms with Crippen molar-refractivity contribution in [2.24, 2.45) is 0 Å². The van der Waals surface area contributed by atoms with Crippen molar-refractivity contribution in [3.63, 3.8) is 0 Å². The van der Waals surface area contributed by atoms with Gasteiger partial charge in [0.2, 0.25) is 0 Å². The minimum absolute atomic E-state index is 0.0295. The van der Waals surface area contributed by atoms with Crippen LogP contribution < -0.4 is 10.6 Å². The van der Waals surface area contributed by atoms with Gasteiger partial charge in [0.1, 0.15) is 0 Å². The molecule has 1 aliphatic rings. The van der Waals surface area contributed by atoms with Gasteiger partial charge in [-0.3, -0.25) is 9.59 Å². The summed E-state index contributed by atoms with van der Waals surface area (Å²) < 4.78 is 0. The summed E-state index contributed by atoms with van der Waals surface area (Å²) in [5, 5.41) is 15.0. The van der Waals surface area contributed by atoms with E-state index in [0.717, 1.165) is 16.8 Å². The molecule has 2 rings (SSSR count). The Labute approximate surface area is 137 Å². The van der Waals surface area contributed by atoms with Crippen LogP contribution in [0.1, 0.15) is 56.6 Å². The number of anilines is 1. The van der Waals surface area contributed by atoms with Crippen molar-refractivity contribution < 1.29 is 14.7 Å². The van der Waals surface area contributed by atoms with Crippen LogP contribution in [0.5, 0.6) is 0 Å². The highest BCUT2D eigenvalue weighted by molar-refractivity contribution is 6.39. The lowest BCUT2D eigenvalue weighted by Crippen LogP contribution is -2.44. The molecule has 5 heteroatoms. The lowest BCUT2D eigenvalue weighted by molar-refractivity contribution is -0.136. The fourth-order valence-electron chi connectivity index (χ4n) is 2.98. The molecule has 1 aromatic carbocycles. The molecule has 1 aliphatic carbocycles. The molecule has 3 N–H and O–H groups in total. The van der Waals surface area contributed by atoms with Gasteiger partial charge in [-0.1, -0.05) is 32.0 Å². The van der Waals surface area contributed by atoms with E-state index in [-0.39, 0.29) is 18.1 Å². The molecule has 0 unspecified atom stereocenters. The lowest BCUT2D eigenvalue weighted by atomic mass is 9.93. The number of para-hydroxylation sites is 1. The number of carbonyl (C=O) groups is 2. The van der Waals surface area contributed by atoms with E-state index in [1.165, 1.54) is 0 Å². The number of hydrogen-bond donors (Lipinski definition) is 3. The molecule has 0 aliphatic heterocycles. The quantitative estimate of drug-likeness (QED) is 0.749. The van der Waals surface area contributed by atoms with Crippen LogP contribution in [0.15, 0.2) is 18.2 Å². The fourth-order valence-corrected chi connectivity index (χ4v) is 2.98. The van der Waals surface area contributed by atoms with Gasteiger partial charge in [0, 0.05) is 11.7 Å². The molecule has 1 saturated carbocycles. The number of carbonyl (C=O) groups excluding carboxylic acids is 2. The number of benzene rings is 1. The Hall–Kier alpha value is -1.88. The number of hydrogen-bond acceptors (Lipinski definition) is 3. The molecule has 0 atom stereocenters. The Morgan fingerprint density at radius 3 is 2.39 bits per heavy atom. The third kappa shape index (κ3) is 4.55. The first kappa shape index (κ1) is 17.5. The van der Waals surface area contributed by atoms with Crippen LogP contribution >= 0.6 is 0 Å². The van der Waals surface area contributed by atoms with E-state index >= 15 is 0 Å². The van der Waals surface area contributed by atoms with Crippen molar-refractivity contribution in [1.29, 1.82) is 0 Å². The highest BCUT2D eigenvalue weighted by Crippen LogP contribution is 2.27. The summed E-state index contributed by atoms with van der Waals surface area (Å²) in [6.45, 7) is 6.03. The molecule has 0 spiro atoms. The number of aliphatic hydroxyl groups excluding tert-OH is 1. The zero-order valence-corrected chi connectivity index (χ0v) is 14.1. The Morgan fingerprint density at radius 1 is 1.13 bits per heavy atom. The van der Waals surface area contributed by atoms with Gasteiger partial charge in [0.05, 0.1) is 6.10 Å². The highest BCUT2D eigenvalue weighted by atomic mass is 16.3. The van der Waals surface area contributed by atoms with Crippen LogP contribution in [0.3, 0.4) is 0 Å². The molecule has 1 aromatic rings. The van der Waals surface area contributed by atoms with Crippen molar-refractivity contribution in [3.05, 3.63) is 29.3 Å². The van der Waals surface area contributed by atoms with Crippen LogP contribution in [-0.4, -0.2) is 29.1 Å². The zero-order valence-electron chi connectivity index (χ0n) is 14.1. The van der Waals surface area contributed by atoms with Crippen molar-refractivity contribution in [1.82, 2.24) is 5.32 Å². The second-order valence-electron chi connectivity index (χ2n) is 6.63. The Bertz CT molecular complexity index is 576. The summed E-state index contributed by atoms with van der Waals surface area (Å²) in [4.78, 5) is 24.3. The van der Waals surface area contributed by atoms with E-state index in [2.05, 4.69) is 24.5 Å². The van der Waals surface area contributed by atoms with E-state index in [4.69, 9.17) is 0 Å². The molecule has 23 heavy (non-hydrogen) atoms. The molecule has 0 saturated heterocycles. The SMILES string of the molecule is Cc1cccc(C(C)C)c1NC(=O)C(=O)NC1CCC(O)CC1. The first-order valence-electron chi connectivity index (χ1n) is 8.28. The van der Waals surface area contributed by atoms with E-state index in [1.54, 1.807) is 0 Å². The summed E-state index contributed by atoms with van der Waals surface area (Å²) in [6.07, 6.45) is 2.48. The van der Waals surface area contributed by atoms with Crippen molar-refractivity contribution in [3.8, 4) is 0 Å². The van der Waals surface area contributed by atoms with Crippen LogP contribution in [-0.2, 0) is 9.59 Å². The fraction of sp³-hybridized carbons (Fsp3) is 0.556. The molecular formula is C18H26N2O3. The van der Waals surface area contributed by atoms with Crippen LogP contribution in [0, 0.1) is 6.92 Å². The molecule has 0 aromatic heterocycles. The second-order valence-corrected chi connectivity index (χ2v) is 6.63. The topological polar surface area (TPSA) is 78.4 Å². The maximum Gasteiger partial charge on any atom is 0.313 e. The van der Waals surface area contributed by atoms with Crippen LogP contribution in [0.25, 0.3) is 0 Å². The maximum absolute atomic E-state index is 12.2. The monoisotopic (exact) mass is 318 g/mol. The minimum atomic E-state index is -0.632. The molecule has 2 amide bonds. The van der Waals surface area contributed by atoms with Crippen LogP contribution in [0.2, 0.25) is 0 Å². The van der Waals surface area contributed by atoms with Gasteiger partial charge >= 0.3 is 11.8 Å². The molecule has 0 radical (unpaired) electrons. The largest absolute Gasteiger partial charge is 0.393 e. The number of aliphatic hydroxyl groups is 1. The van der Waals surface area contributed by atoms with E-state index in [0.29, 0.717) is 25.7 Å². The smallest absolute Gasteiger partial charge is 0.313 e. The average molecular weight is 318 g/mol.